The lowest BCUT2D eigenvalue weighted by Gasteiger charge is -2.32. The second kappa shape index (κ2) is 4.66. The molecule has 2 amide bonds. The molecule has 5 nitrogen and oxygen atoms in total. The number of likely N-dealkylation sites (N-methyl/N-ethyl adjacent to an activating group) is 1. The van der Waals surface area contributed by atoms with Gasteiger partial charge in [0.1, 0.15) is 0 Å². The lowest BCUT2D eigenvalue weighted by atomic mass is 9.95. The Balaban J connectivity index is 2.28. The Bertz CT molecular complexity index is 502. The first-order valence-electron chi connectivity index (χ1n) is 6.23. The third-order valence-corrected chi connectivity index (χ3v) is 3.36. The number of hydrogen-bond acceptors (Lipinski definition) is 4. The molecule has 19 heavy (non-hydrogen) atoms. The Morgan fingerprint density at radius 3 is 2.26 bits per heavy atom. The van der Waals surface area contributed by atoms with Crippen LogP contribution in [0.25, 0.3) is 0 Å². The predicted molar refractivity (Wildman–Crippen MR) is 73.6 cm³/mol. The molecule has 0 atom stereocenters. The van der Waals surface area contributed by atoms with Gasteiger partial charge in [0, 0.05) is 18.3 Å². The molecule has 1 aromatic carbocycles. The minimum absolute atomic E-state index is 0.186. The van der Waals surface area contributed by atoms with Gasteiger partial charge in [-0.1, -0.05) is 12.1 Å². The van der Waals surface area contributed by atoms with E-state index in [1.54, 1.807) is 4.90 Å². The summed E-state index contributed by atoms with van der Waals surface area (Å²) in [5.41, 5.74) is 7.45. The monoisotopic (exact) mass is 261 g/mol. The number of benzene rings is 1. The zero-order chi connectivity index (χ0) is 14.2. The number of nitrogens with zero attached hydrogens (tertiary/aromatic N) is 2. The van der Waals surface area contributed by atoms with Crippen molar-refractivity contribution in [2.75, 3.05) is 25.0 Å². The van der Waals surface area contributed by atoms with Gasteiger partial charge in [0.05, 0.1) is 13.1 Å². The standard InChI is InChI=1S/C14H19N3O2/c1-14(2,15)10-5-4-6-11(7-10)17-8-12(18)16(3)13(19)9-17/h4-7H,8-9,15H2,1-3H3. The molecular formula is C14H19N3O2. The van der Waals surface area contributed by atoms with E-state index < -0.39 is 5.54 Å². The number of hydrogen-bond donors (Lipinski definition) is 1. The Hall–Kier alpha value is -1.88. The molecule has 1 aliphatic heterocycles. The third kappa shape index (κ3) is 2.76. The van der Waals surface area contributed by atoms with Crippen LogP contribution < -0.4 is 10.6 Å². The van der Waals surface area contributed by atoms with Crippen molar-refractivity contribution in [1.29, 1.82) is 0 Å². The summed E-state index contributed by atoms with van der Waals surface area (Å²) in [5, 5.41) is 0. The number of nitrogens with two attached hydrogens (primary N) is 1. The quantitative estimate of drug-likeness (QED) is 0.795. The molecule has 1 aliphatic rings. The van der Waals surface area contributed by atoms with Crippen molar-refractivity contribution in [2.24, 2.45) is 5.73 Å². The molecule has 5 heteroatoms. The van der Waals surface area contributed by atoms with Crippen LogP contribution in [0.2, 0.25) is 0 Å². The van der Waals surface area contributed by atoms with Crippen LogP contribution in [-0.4, -0.2) is 36.9 Å². The van der Waals surface area contributed by atoms with Gasteiger partial charge in [0.15, 0.2) is 0 Å². The number of piperazine rings is 1. The summed E-state index contributed by atoms with van der Waals surface area (Å²) in [6, 6.07) is 7.67. The Labute approximate surface area is 113 Å². The van der Waals surface area contributed by atoms with Crippen LogP contribution in [0.1, 0.15) is 19.4 Å². The molecule has 1 heterocycles. The normalized spacial score (nSPS) is 17.1. The van der Waals surface area contributed by atoms with Gasteiger partial charge in [-0.25, -0.2) is 0 Å². The van der Waals surface area contributed by atoms with Crippen molar-refractivity contribution in [3.8, 4) is 0 Å². The molecule has 1 saturated heterocycles. The lowest BCUT2D eigenvalue weighted by molar-refractivity contribution is -0.143. The average Bonchev–Trinajstić information content (AvgIpc) is 2.34. The molecule has 0 spiro atoms. The minimum Gasteiger partial charge on any atom is -0.353 e. The number of rotatable bonds is 2. The van der Waals surface area contributed by atoms with Crippen LogP contribution in [0.5, 0.6) is 0 Å². The molecule has 0 bridgehead atoms. The van der Waals surface area contributed by atoms with E-state index in [-0.39, 0.29) is 24.9 Å². The van der Waals surface area contributed by atoms with E-state index in [0.717, 1.165) is 11.3 Å². The average molecular weight is 261 g/mol. The highest BCUT2D eigenvalue weighted by atomic mass is 16.2. The highest BCUT2D eigenvalue weighted by Crippen LogP contribution is 2.24. The van der Waals surface area contributed by atoms with Crippen molar-refractivity contribution in [1.82, 2.24) is 4.90 Å². The summed E-state index contributed by atoms with van der Waals surface area (Å²) < 4.78 is 0. The van der Waals surface area contributed by atoms with Crippen molar-refractivity contribution in [2.45, 2.75) is 19.4 Å². The zero-order valence-electron chi connectivity index (χ0n) is 11.5. The molecule has 102 valence electrons. The highest BCUT2D eigenvalue weighted by molar-refractivity contribution is 6.02. The SMILES string of the molecule is CN1C(=O)CN(c2cccc(C(C)(C)N)c2)CC1=O. The van der Waals surface area contributed by atoms with Crippen molar-refractivity contribution >= 4 is 17.5 Å². The number of anilines is 1. The molecule has 2 rings (SSSR count). The van der Waals surface area contributed by atoms with Crippen LogP contribution in [0.3, 0.4) is 0 Å². The molecule has 0 aromatic heterocycles. The third-order valence-electron chi connectivity index (χ3n) is 3.36. The van der Waals surface area contributed by atoms with Gasteiger partial charge >= 0.3 is 0 Å². The number of carbonyl (C=O) groups excluding carboxylic acids is 2. The molecular weight excluding hydrogens is 242 g/mol. The van der Waals surface area contributed by atoms with E-state index >= 15 is 0 Å². The Morgan fingerprint density at radius 1 is 1.16 bits per heavy atom. The van der Waals surface area contributed by atoms with Crippen LogP contribution in [-0.2, 0) is 15.1 Å². The molecule has 2 N–H and O–H groups in total. The van der Waals surface area contributed by atoms with Gasteiger partial charge in [-0.3, -0.25) is 14.5 Å². The van der Waals surface area contributed by atoms with E-state index in [2.05, 4.69) is 0 Å². The number of carbonyl (C=O) groups is 2. The van der Waals surface area contributed by atoms with E-state index in [1.807, 2.05) is 38.1 Å². The van der Waals surface area contributed by atoms with Gasteiger partial charge in [-0.2, -0.15) is 0 Å². The largest absolute Gasteiger partial charge is 0.353 e. The van der Waals surface area contributed by atoms with Crippen molar-refractivity contribution in [3.05, 3.63) is 29.8 Å². The maximum Gasteiger partial charge on any atom is 0.248 e. The molecule has 0 saturated carbocycles. The minimum atomic E-state index is -0.448. The summed E-state index contributed by atoms with van der Waals surface area (Å²) in [5.74, 6) is -0.373. The molecule has 1 fully saturated rings. The van der Waals surface area contributed by atoms with Gasteiger partial charge in [0.2, 0.25) is 11.8 Å². The van der Waals surface area contributed by atoms with Crippen molar-refractivity contribution in [3.63, 3.8) is 0 Å². The van der Waals surface area contributed by atoms with Gasteiger partial charge in [0.25, 0.3) is 0 Å². The zero-order valence-corrected chi connectivity index (χ0v) is 11.5. The summed E-state index contributed by atoms with van der Waals surface area (Å²) in [6.45, 7) is 4.28. The van der Waals surface area contributed by atoms with E-state index in [1.165, 1.54) is 11.9 Å². The summed E-state index contributed by atoms with van der Waals surface area (Å²) in [4.78, 5) is 26.4. The lowest BCUT2D eigenvalue weighted by Crippen LogP contribution is -2.52. The van der Waals surface area contributed by atoms with E-state index in [0.29, 0.717) is 0 Å². The second-order valence-electron chi connectivity index (χ2n) is 5.47. The maximum absolute atomic E-state index is 11.7. The maximum atomic E-state index is 11.7. The first-order valence-corrected chi connectivity index (χ1v) is 6.23. The van der Waals surface area contributed by atoms with Crippen LogP contribution in [0.4, 0.5) is 5.69 Å². The van der Waals surface area contributed by atoms with Crippen LogP contribution in [0, 0.1) is 0 Å². The van der Waals surface area contributed by atoms with Gasteiger partial charge < -0.3 is 10.6 Å². The fourth-order valence-corrected chi connectivity index (χ4v) is 2.02. The first kappa shape index (κ1) is 13.5. The summed E-state index contributed by atoms with van der Waals surface area (Å²) in [6.07, 6.45) is 0. The predicted octanol–water partition coefficient (Wildman–Crippen LogP) is 0.685. The van der Waals surface area contributed by atoms with Gasteiger partial charge in [-0.05, 0) is 31.5 Å². The van der Waals surface area contributed by atoms with Gasteiger partial charge in [-0.15, -0.1) is 0 Å². The molecule has 0 unspecified atom stereocenters. The molecule has 1 aromatic rings. The first-order chi connectivity index (χ1) is 8.79. The van der Waals surface area contributed by atoms with E-state index in [4.69, 9.17) is 5.73 Å². The van der Waals surface area contributed by atoms with Crippen LogP contribution >= 0.6 is 0 Å². The van der Waals surface area contributed by atoms with Crippen LogP contribution in [0.15, 0.2) is 24.3 Å². The summed E-state index contributed by atoms with van der Waals surface area (Å²) in [7, 11) is 1.52. The Kier molecular flexibility index (Phi) is 3.32. The molecule has 0 radical (unpaired) electrons. The Morgan fingerprint density at radius 2 is 1.74 bits per heavy atom. The topological polar surface area (TPSA) is 66.6 Å². The second-order valence-corrected chi connectivity index (χ2v) is 5.47. The fraction of sp³-hybridized carbons (Fsp3) is 0.429. The number of imide groups is 1. The summed E-state index contributed by atoms with van der Waals surface area (Å²) >= 11 is 0. The van der Waals surface area contributed by atoms with Crippen molar-refractivity contribution < 1.29 is 9.59 Å². The number of amides is 2. The molecule has 0 aliphatic carbocycles. The smallest absolute Gasteiger partial charge is 0.248 e. The highest BCUT2D eigenvalue weighted by Gasteiger charge is 2.28. The fourth-order valence-electron chi connectivity index (χ4n) is 2.02. The van der Waals surface area contributed by atoms with E-state index in [9.17, 15) is 9.59 Å².